The second-order valence-electron chi connectivity index (χ2n) is 4.97. The van der Waals surface area contributed by atoms with Crippen LogP contribution in [0.15, 0.2) is 12.1 Å². The average Bonchev–Trinajstić information content (AvgIpc) is 2.26. The third-order valence-corrected chi connectivity index (χ3v) is 3.17. The van der Waals surface area contributed by atoms with E-state index in [9.17, 15) is 18.7 Å². The van der Waals surface area contributed by atoms with Crippen LogP contribution in [0.4, 0.5) is 14.5 Å². The molecule has 1 aromatic carbocycles. The van der Waals surface area contributed by atoms with Crippen LogP contribution in [0.25, 0.3) is 0 Å². The first-order valence-electron chi connectivity index (χ1n) is 5.84. The third kappa shape index (κ3) is 2.51. The molecule has 2 rings (SSSR count). The van der Waals surface area contributed by atoms with Crippen LogP contribution >= 0.6 is 0 Å². The largest absolute Gasteiger partial charge is 0.388 e. The summed E-state index contributed by atoms with van der Waals surface area (Å²) < 4.78 is 27.6. The number of carbonyl (C=O) groups excluding carboxylic acids is 1. The lowest BCUT2D eigenvalue weighted by molar-refractivity contribution is 0.0446. The molecule has 1 aliphatic rings. The van der Waals surface area contributed by atoms with Crippen molar-refractivity contribution in [1.82, 2.24) is 0 Å². The number of aldehydes is 1. The summed E-state index contributed by atoms with van der Waals surface area (Å²) in [6.45, 7) is 2.32. The van der Waals surface area contributed by atoms with Crippen LogP contribution in [0.5, 0.6) is 0 Å². The lowest BCUT2D eigenvalue weighted by Crippen LogP contribution is -2.46. The van der Waals surface area contributed by atoms with Crippen LogP contribution in [0, 0.1) is 11.6 Å². The van der Waals surface area contributed by atoms with Gasteiger partial charge in [-0.3, -0.25) is 4.79 Å². The van der Waals surface area contributed by atoms with E-state index >= 15 is 0 Å². The Bertz CT molecular complexity index is 451. The number of piperidine rings is 1. The summed E-state index contributed by atoms with van der Waals surface area (Å²) in [5, 5.41) is 9.95. The maximum absolute atomic E-state index is 13.8. The summed E-state index contributed by atoms with van der Waals surface area (Å²) in [6.07, 6.45) is 1.68. The molecule has 18 heavy (non-hydrogen) atoms. The highest BCUT2D eigenvalue weighted by molar-refractivity contribution is 5.76. The number of benzene rings is 1. The molecule has 1 aliphatic heterocycles. The van der Waals surface area contributed by atoms with Gasteiger partial charge < -0.3 is 10.0 Å². The fourth-order valence-corrected chi connectivity index (χ4v) is 2.37. The van der Waals surface area contributed by atoms with Gasteiger partial charge in [0.15, 0.2) is 0 Å². The minimum absolute atomic E-state index is 0.0301. The Morgan fingerprint density at radius 2 is 2.00 bits per heavy atom. The van der Waals surface area contributed by atoms with Crippen molar-refractivity contribution in [3.63, 3.8) is 0 Å². The zero-order valence-electron chi connectivity index (χ0n) is 10.1. The van der Waals surface area contributed by atoms with Crippen molar-refractivity contribution >= 4 is 12.0 Å². The third-order valence-electron chi connectivity index (χ3n) is 3.17. The fourth-order valence-electron chi connectivity index (χ4n) is 2.37. The maximum atomic E-state index is 13.8. The first kappa shape index (κ1) is 13.0. The van der Waals surface area contributed by atoms with E-state index in [1.165, 1.54) is 4.90 Å². The van der Waals surface area contributed by atoms with Gasteiger partial charge in [-0.1, -0.05) is 0 Å². The number of nitrogens with zero attached hydrogens (tertiary/aromatic N) is 1. The van der Waals surface area contributed by atoms with Gasteiger partial charge in [-0.05, 0) is 31.9 Å². The Morgan fingerprint density at radius 3 is 2.50 bits per heavy atom. The SMILES string of the molecule is CC1(O)CCCN(c2c(F)cc(C=O)cc2F)C1. The van der Waals surface area contributed by atoms with E-state index in [-0.39, 0.29) is 17.8 Å². The van der Waals surface area contributed by atoms with Gasteiger partial charge in [0.05, 0.1) is 5.60 Å². The van der Waals surface area contributed by atoms with Gasteiger partial charge in [-0.2, -0.15) is 0 Å². The first-order valence-corrected chi connectivity index (χ1v) is 5.84. The summed E-state index contributed by atoms with van der Waals surface area (Å²) >= 11 is 0. The Morgan fingerprint density at radius 1 is 1.39 bits per heavy atom. The maximum Gasteiger partial charge on any atom is 0.150 e. The van der Waals surface area contributed by atoms with Crippen LogP contribution in [0.2, 0.25) is 0 Å². The standard InChI is InChI=1S/C13H15F2NO2/c1-13(18)3-2-4-16(8-13)12-10(14)5-9(7-17)6-11(12)15/h5-7,18H,2-4,8H2,1H3. The summed E-state index contributed by atoms with van der Waals surface area (Å²) in [7, 11) is 0. The highest BCUT2D eigenvalue weighted by Crippen LogP contribution is 2.30. The summed E-state index contributed by atoms with van der Waals surface area (Å²) in [4.78, 5) is 12.0. The molecule has 1 fully saturated rings. The van der Waals surface area contributed by atoms with Crippen LogP contribution in [-0.4, -0.2) is 30.1 Å². The van der Waals surface area contributed by atoms with E-state index in [1.807, 2.05) is 0 Å². The second-order valence-corrected chi connectivity index (χ2v) is 4.97. The molecular formula is C13H15F2NO2. The highest BCUT2D eigenvalue weighted by Gasteiger charge is 2.31. The Balaban J connectivity index is 2.36. The molecule has 1 aromatic rings. The molecule has 0 saturated carbocycles. The van der Waals surface area contributed by atoms with Gasteiger partial charge in [-0.15, -0.1) is 0 Å². The predicted molar refractivity (Wildman–Crippen MR) is 63.8 cm³/mol. The van der Waals surface area contributed by atoms with Crippen molar-refractivity contribution in [2.45, 2.75) is 25.4 Å². The minimum atomic E-state index is -0.944. The van der Waals surface area contributed by atoms with Crippen molar-refractivity contribution in [1.29, 1.82) is 0 Å². The van der Waals surface area contributed by atoms with Gasteiger partial charge in [0.2, 0.25) is 0 Å². The number of hydrogen-bond acceptors (Lipinski definition) is 3. The number of anilines is 1. The van der Waals surface area contributed by atoms with Crippen molar-refractivity contribution < 1.29 is 18.7 Å². The summed E-state index contributed by atoms with van der Waals surface area (Å²) in [5.41, 5.74) is -1.14. The molecule has 0 aliphatic carbocycles. The van der Waals surface area contributed by atoms with Crippen LogP contribution in [-0.2, 0) is 0 Å². The predicted octanol–water partition coefficient (Wildman–Crippen LogP) is 2.13. The van der Waals surface area contributed by atoms with Gasteiger partial charge in [-0.25, -0.2) is 8.78 Å². The quantitative estimate of drug-likeness (QED) is 0.823. The summed E-state index contributed by atoms with van der Waals surface area (Å²) in [6, 6.07) is 2.02. The molecule has 0 spiro atoms. The van der Waals surface area contributed by atoms with Crippen molar-refractivity contribution in [2.75, 3.05) is 18.0 Å². The molecule has 1 saturated heterocycles. The molecule has 0 amide bonds. The van der Waals surface area contributed by atoms with Crippen molar-refractivity contribution in [3.05, 3.63) is 29.3 Å². The lowest BCUT2D eigenvalue weighted by atomic mass is 9.94. The number of aliphatic hydroxyl groups is 1. The van der Waals surface area contributed by atoms with E-state index in [1.54, 1.807) is 6.92 Å². The molecule has 3 nitrogen and oxygen atoms in total. The van der Waals surface area contributed by atoms with E-state index in [0.717, 1.165) is 12.1 Å². The fraction of sp³-hybridized carbons (Fsp3) is 0.462. The van der Waals surface area contributed by atoms with Crippen LogP contribution < -0.4 is 4.90 Å². The van der Waals surface area contributed by atoms with Gasteiger partial charge in [0.1, 0.15) is 23.6 Å². The molecule has 1 N–H and O–H groups in total. The summed E-state index contributed by atoms with van der Waals surface area (Å²) in [5.74, 6) is -1.54. The zero-order chi connectivity index (χ0) is 13.3. The number of rotatable bonds is 2. The zero-order valence-corrected chi connectivity index (χ0v) is 10.1. The number of β-amino-alcohol motifs (C(OH)–C–C–N with tert-alkyl or cyclic N) is 1. The van der Waals surface area contributed by atoms with Gasteiger partial charge >= 0.3 is 0 Å². The van der Waals surface area contributed by atoms with Gasteiger partial charge in [0, 0.05) is 18.7 Å². The molecule has 0 aromatic heterocycles. The minimum Gasteiger partial charge on any atom is -0.388 e. The molecule has 1 atom stereocenters. The molecule has 98 valence electrons. The molecular weight excluding hydrogens is 240 g/mol. The Hall–Kier alpha value is -1.49. The van der Waals surface area contributed by atoms with E-state index in [0.29, 0.717) is 25.7 Å². The molecule has 0 radical (unpaired) electrons. The smallest absolute Gasteiger partial charge is 0.150 e. The second kappa shape index (κ2) is 4.65. The van der Waals surface area contributed by atoms with Crippen molar-refractivity contribution in [2.24, 2.45) is 0 Å². The lowest BCUT2D eigenvalue weighted by Gasteiger charge is -2.38. The van der Waals surface area contributed by atoms with E-state index in [2.05, 4.69) is 0 Å². The van der Waals surface area contributed by atoms with E-state index in [4.69, 9.17) is 0 Å². The Kier molecular flexibility index (Phi) is 3.34. The van der Waals surface area contributed by atoms with Crippen molar-refractivity contribution in [3.8, 4) is 0 Å². The molecule has 1 unspecified atom stereocenters. The molecule has 5 heteroatoms. The topological polar surface area (TPSA) is 40.5 Å². The molecule has 1 heterocycles. The van der Waals surface area contributed by atoms with Gasteiger partial charge in [0.25, 0.3) is 0 Å². The highest BCUT2D eigenvalue weighted by atomic mass is 19.1. The first-order chi connectivity index (χ1) is 8.43. The van der Waals surface area contributed by atoms with Crippen LogP contribution in [0.1, 0.15) is 30.1 Å². The Labute approximate surface area is 104 Å². The average molecular weight is 255 g/mol. The number of halogens is 2. The normalized spacial score (nSPS) is 24.1. The monoisotopic (exact) mass is 255 g/mol. The van der Waals surface area contributed by atoms with Crippen LogP contribution in [0.3, 0.4) is 0 Å². The molecule has 0 bridgehead atoms. The van der Waals surface area contributed by atoms with E-state index < -0.39 is 17.2 Å². The number of hydrogen-bond donors (Lipinski definition) is 1. The number of carbonyl (C=O) groups is 1.